The second-order valence-electron chi connectivity index (χ2n) is 10.3. The Labute approximate surface area is 207 Å². The summed E-state index contributed by atoms with van der Waals surface area (Å²) in [6.07, 6.45) is 9.25. The molecule has 2 fully saturated rings. The standard InChI is InChI=1S/C25H33F2N3O2S2/c1-16-28-14-21(33-16)11-19(31)10-18-4-2-17(3-5-18)6-8-30-9-7-23-22(15-30)29-24(34-23)32-20-12-25(26,27)13-20/h14,17-18,20H,2-13,15H2,1H3. The fraction of sp³-hybridized carbons (Fsp3) is 0.720. The number of aryl methyl sites for hydroxylation is 1. The molecule has 5 nitrogen and oxygen atoms in total. The summed E-state index contributed by atoms with van der Waals surface area (Å²) in [5.74, 6) is -0.923. The van der Waals surface area contributed by atoms with Crippen molar-refractivity contribution < 1.29 is 18.3 Å². The number of carbonyl (C=O) groups is 1. The summed E-state index contributed by atoms with van der Waals surface area (Å²) in [6, 6.07) is 0. The van der Waals surface area contributed by atoms with Crippen LogP contribution in [0.25, 0.3) is 0 Å². The molecule has 34 heavy (non-hydrogen) atoms. The smallest absolute Gasteiger partial charge is 0.273 e. The number of rotatable bonds is 9. The van der Waals surface area contributed by atoms with Gasteiger partial charge in [0.2, 0.25) is 0 Å². The summed E-state index contributed by atoms with van der Waals surface area (Å²) in [4.78, 5) is 26.1. The number of halogens is 2. The highest BCUT2D eigenvalue weighted by Gasteiger charge is 2.47. The molecule has 186 valence electrons. The van der Waals surface area contributed by atoms with E-state index in [0.29, 0.717) is 29.7 Å². The van der Waals surface area contributed by atoms with Gasteiger partial charge in [0.25, 0.3) is 11.1 Å². The molecule has 0 amide bonds. The van der Waals surface area contributed by atoms with Gasteiger partial charge >= 0.3 is 0 Å². The molecule has 2 aromatic rings. The van der Waals surface area contributed by atoms with Crippen molar-refractivity contribution in [1.29, 1.82) is 0 Å². The van der Waals surface area contributed by atoms with Crippen LogP contribution < -0.4 is 4.74 Å². The van der Waals surface area contributed by atoms with Crippen molar-refractivity contribution in [2.24, 2.45) is 11.8 Å². The molecule has 3 heterocycles. The van der Waals surface area contributed by atoms with Gasteiger partial charge in [-0.2, -0.15) is 0 Å². The summed E-state index contributed by atoms with van der Waals surface area (Å²) < 4.78 is 31.8. The molecule has 0 aromatic carbocycles. The van der Waals surface area contributed by atoms with Gasteiger partial charge in [-0.25, -0.2) is 18.7 Å². The van der Waals surface area contributed by atoms with E-state index in [4.69, 9.17) is 4.74 Å². The van der Waals surface area contributed by atoms with Gasteiger partial charge in [0.1, 0.15) is 11.9 Å². The Morgan fingerprint density at radius 3 is 2.68 bits per heavy atom. The molecule has 1 aliphatic heterocycles. The lowest BCUT2D eigenvalue weighted by Gasteiger charge is -2.33. The lowest BCUT2D eigenvalue weighted by atomic mass is 9.78. The van der Waals surface area contributed by atoms with E-state index in [-0.39, 0.29) is 18.9 Å². The van der Waals surface area contributed by atoms with Crippen LogP contribution in [0.4, 0.5) is 8.78 Å². The first kappa shape index (κ1) is 24.3. The molecule has 2 saturated carbocycles. The Hall–Kier alpha value is -1.45. The summed E-state index contributed by atoms with van der Waals surface area (Å²) in [6.45, 7) is 4.90. The number of ketones is 1. The number of Topliss-reactive ketones (excluding diaryl/α,β-unsaturated/α-hetero) is 1. The average Bonchev–Trinajstić information content (AvgIpc) is 3.36. The second kappa shape index (κ2) is 10.3. The number of alkyl halides is 2. The zero-order chi connectivity index (χ0) is 23.7. The molecular formula is C25H33F2N3O2S2. The Morgan fingerprint density at radius 2 is 1.97 bits per heavy atom. The molecule has 5 rings (SSSR count). The van der Waals surface area contributed by atoms with E-state index >= 15 is 0 Å². The van der Waals surface area contributed by atoms with Crippen LogP contribution in [0.2, 0.25) is 0 Å². The Morgan fingerprint density at radius 1 is 1.21 bits per heavy atom. The van der Waals surface area contributed by atoms with Crippen LogP contribution in [0.5, 0.6) is 5.19 Å². The van der Waals surface area contributed by atoms with E-state index in [0.717, 1.165) is 60.4 Å². The highest BCUT2D eigenvalue weighted by atomic mass is 32.1. The number of hydrogen-bond donors (Lipinski definition) is 0. The number of ether oxygens (including phenoxy) is 1. The molecule has 2 aromatic heterocycles. The second-order valence-corrected chi connectivity index (χ2v) is 12.7. The molecule has 9 heteroatoms. The van der Waals surface area contributed by atoms with Gasteiger partial charge in [-0.05, 0) is 51.0 Å². The lowest BCUT2D eigenvalue weighted by molar-refractivity contribution is -0.134. The van der Waals surface area contributed by atoms with Crippen molar-refractivity contribution in [2.45, 2.75) is 89.7 Å². The number of aromatic nitrogens is 2. The first-order valence-corrected chi connectivity index (χ1v) is 14.1. The van der Waals surface area contributed by atoms with Gasteiger partial charge in [0.15, 0.2) is 0 Å². The van der Waals surface area contributed by atoms with Crippen LogP contribution >= 0.6 is 22.7 Å². The monoisotopic (exact) mass is 509 g/mol. The van der Waals surface area contributed by atoms with Gasteiger partial charge in [-0.15, -0.1) is 11.3 Å². The van der Waals surface area contributed by atoms with E-state index in [9.17, 15) is 13.6 Å². The van der Waals surface area contributed by atoms with E-state index in [1.807, 2.05) is 13.1 Å². The summed E-state index contributed by atoms with van der Waals surface area (Å²) in [7, 11) is 0. The zero-order valence-corrected chi connectivity index (χ0v) is 21.4. The summed E-state index contributed by atoms with van der Waals surface area (Å²) >= 11 is 3.16. The van der Waals surface area contributed by atoms with Gasteiger partial charge in [0.05, 0.1) is 10.7 Å². The Kier molecular flexibility index (Phi) is 7.32. The molecule has 0 radical (unpaired) electrons. The van der Waals surface area contributed by atoms with Crippen LogP contribution in [0.3, 0.4) is 0 Å². The number of nitrogens with zero attached hydrogens (tertiary/aromatic N) is 3. The Bertz CT molecular complexity index is 992. The van der Waals surface area contributed by atoms with Crippen molar-refractivity contribution in [1.82, 2.24) is 14.9 Å². The topological polar surface area (TPSA) is 55.3 Å². The largest absolute Gasteiger partial charge is 0.466 e. The molecule has 0 N–H and O–H groups in total. The number of fused-ring (bicyclic) bond motifs is 1. The molecule has 0 spiro atoms. The minimum atomic E-state index is -2.56. The minimum Gasteiger partial charge on any atom is -0.466 e. The van der Waals surface area contributed by atoms with Crippen molar-refractivity contribution in [3.63, 3.8) is 0 Å². The zero-order valence-electron chi connectivity index (χ0n) is 19.7. The lowest BCUT2D eigenvalue weighted by Crippen LogP contribution is -2.43. The maximum absolute atomic E-state index is 13.0. The first-order chi connectivity index (χ1) is 16.3. The predicted molar refractivity (Wildman–Crippen MR) is 130 cm³/mol. The summed E-state index contributed by atoms with van der Waals surface area (Å²) in [5.41, 5.74) is 1.07. The van der Waals surface area contributed by atoms with Gasteiger partial charge in [-0.3, -0.25) is 9.69 Å². The van der Waals surface area contributed by atoms with E-state index in [1.54, 1.807) is 11.3 Å². The SMILES string of the molecule is Cc1ncc(CC(=O)CC2CCC(CCN3CCc4sc(OC5CC(F)(F)C5)nc4C3)CC2)s1. The van der Waals surface area contributed by atoms with E-state index in [2.05, 4.69) is 14.9 Å². The third-order valence-corrected chi connectivity index (χ3v) is 9.45. The highest BCUT2D eigenvalue weighted by molar-refractivity contribution is 7.13. The van der Waals surface area contributed by atoms with Crippen molar-refractivity contribution in [3.05, 3.63) is 26.7 Å². The normalized spacial score (nSPS) is 25.0. The molecule has 2 aliphatic carbocycles. The predicted octanol–water partition coefficient (Wildman–Crippen LogP) is 5.84. The van der Waals surface area contributed by atoms with Gasteiger partial charge < -0.3 is 4.74 Å². The van der Waals surface area contributed by atoms with Crippen molar-refractivity contribution >= 4 is 28.5 Å². The van der Waals surface area contributed by atoms with E-state index in [1.165, 1.54) is 35.5 Å². The molecular weight excluding hydrogens is 476 g/mol. The number of thiazole rings is 2. The maximum atomic E-state index is 13.0. The van der Waals surface area contributed by atoms with Crippen LogP contribution in [-0.2, 0) is 24.2 Å². The third kappa shape index (κ3) is 6.21. The molecule has 3 aliphatic rings. The third-order valence-electron chi connectivity index (χ3n) is 7.48. The fourth-order valence-corrected chi connectivity index (χ4v) is 7.26. The highest BCUT2D eigenvalue weighted by Crippen LogP contribution is 2.41. The quantitative estimate of drug-likeness (QED) is 0.425. The molecule has 0 saturated heterocycles. The van der Waals surface area contributed by atoms with Crippen molar-refractivity contribution in [3.8, 4) is 5.19 Å². The van der Waals surface area contributed by atoms with Crippen molar-refractivity contribution in [2.75, 3.05) is 13.1 Å². The first-order valence-electron chi connectivity index (χ1n) is 12.5. The fourth-order valence-electron chi connectivity index (χ4n) is 5.47. The van der Waals surface area contributed by atoms with Gasteiger partial charge in [0, 0.05) is 54.7 Å². The van der Waals surface area contributed by atoms with Crippen LogP contribution in [0.1, 0.15) is 71.8 Å². The van der Waals surface area contributed by atoms with Crippen LogP contribution in [-0.4, -0.2) is 45.8 Å². The van der Waals surface area contributed by atoms with E-state index < -0.39 is 5.92 Å². The summed E-state index contributed by atoms with van der Waals surface area (Å²) in [5, 5.41) is 1.59. The molecule has 0 unspecified atom stereocenters. The van der Waals surface area contributed by atoms with Crippen LogP contribution in [0, 0.1) is 18.8 Å². The average molecular weight is 510 g/mol. The molecule has 0 bridgehead atoms. The molecule has 0 atom stereocenters. The number of hydrogen-bond acceptors (Lipinski definition) is 7. The van der Waals surface area contributed by atoms with Crippen LogP contribution in [0.15, 0.2) is 6.20 Å². The minimum absolute atomic E-state index is 0.189. The number of carbonyl (C=O) groups excluding carboxylic acids is 1. The van der Waals surface area contributed by atoms with Gasteiger partial charge in [-0.1, -0.05) is 24.2 Å². The maximum Gasteiger partial charge on any atom is 0.273 e. The Balaban J connectivity index is 1.00.